The van der Waals surface area contributed by atoms with Gasteiger partial charge >= 0.3 is 0 Å². The van der Waals surface area contributed by atoms with Crippen LogP contribution in [0.15, 0.2) is 71.6 Å². The lowest BCUT2D eigenvalue weighted by Gasteiger charge is -2.62. The van der Waals surface area contributed by atoms with Crippen molar-refractivity contribution in [3.63, 3.8) is 0 Å². The Morgan fingerprint density at radius 1 is 1.03 bits per heavy atom. The third-order valence-corrected chi connectivity index (χ3v) is 9.88. The van der Waals surface area contributed by atoms with Crippen molar-refractivity contribution >= 4 is 10.0 Å². The quantitative estimate of drug-likeness (QED) is 0.293. The Kier molecular flexibility index (Phi) is 7.08. The lowest BCUT2D eigenvalue weighted by molar-refractivity contribution is -0.108. The van der Waals surface area contributed by atoms with Crippen LogP contribution in [0.4, 0.5) is 0 Å². The number of benzene rings is 2. The van der Waals surface area contributed by atoms with E-state index in [-0.39, 0.29) is 11.5 Å². The Labute approximate surface area is 213 Å². The van der Waals surface area contributed by atoms with Gasteiger partial charge in [0.1, 0.15) is 0 Å². The van der Waals surface area contributed by atoms with E-state index in [9.17, 15) is 8.42 Å². The Morgan fingerprint density at radius 3 is 2.47 bits per heavy atom. The van der Waals surface area contributed by atoms with Gasteiger partial charge in [-0.1, -0.05) is 73.7 Å². The minimum absolute atomic E-state index is 0.0484. The normalized spacial score (nSPS) is 25.1. The Bertz CT molecular complexity index is 1270. The zero-order chi connectivity index (χ0) is 25.2. The fourth-order valence-electron chi connectivity index (χ4n) is 6.09. The molecule has 4 atom stereocenters. The summed E-state index contributed by atoms with van der Waals surface area (Å²) in [6.07, 6.45) is 10.2. The van der Waals surface area contributed by atoms with Crippen molar-refractivity contribution in [1.82, 2.24) is 25.3 Å². The predicted octanol–water partition coefficient (Wildman–Crippen LogP) is 5.17. The third kappa shape index (κ3) is 5.15. The van der Waals surface area contributed by atoms with Crippen molar-refractivity contribution in [3.05, 3.63) is 72.6 Å². The zero-order valence-corrected chi connectivity index (χ0v) is 21.8. The number of nitrogens with zero attached hydrogens (tertiary/aromatic N) is 3. The first-order valence-electron chi connectivity index (χ1n) is 12.9. The molecule has 0 saturated heterocycles. The van der Waals surface area contributed by atoms with Gasteiger partial charge in [-0.3, -0.25) is 0 Å². The number of hydrogen-bond donors (Lipinski definition) is 2. The monoisotopic (exact) mass is 505 g/mol. The highest BCUT2D eigenvalue weighted by Crippen LogP contribution is 2.61. The molecule has 6 rings (SSSR count). The molecule has 3 fully saturated rings. The van der Waals surface area contributed by atoms with E-state index in [1.54, 1.807) is 12.1 Å². The van der Waals surface area contributed by atoms with Crippen LogP contribution < -0.4 is 4.72 Å². The minimum atomic E-state index is -3.61. The summed E-state index contributed by atoms with van der Waals surface area (Å²) in [5.74, 6) is 2.09. The van der Waals surface area contributed by atoms with Crippen molar-refractivity contribution in [2.75, 3.05) is 0 Å². The summed E-state index contributed by atoms with van der Waals surface area (Å²) >= 11 is 0. The van der Waals surface area contributed by atoms with Gasteiger partial charge in [0, 0.05) is 12.5 Å². The number of H-pyrrole nitrogens is 1. The van der Waals surface area contributed by atoms with E-state index in [2.05, 4.69) is 51.3 Å². The SMILES string of the molecule is CC1(C)[C@H]2C[C@H](C/C=C\CCCc3nn[nH]n3)[C@@H](NS(=O)(=O)c3ccc(-c4ccccc4)cc3)[C@H]1C2. The van der Waals surface area contributed by atoms with Crippen LogP contribution >= 0.6 is 0 Å². The van der Waals surface area contributed by atoms with Gasteiger partial charge in [0.15, 0.2) is 5.82 Å². The molecule has 36 heavy (non-hydrogen) atoms. The topological polar surface area (TPSA) is 101 Å². The molecule has 2 aromatic carbocycles. The van der Waals surface area contributed by atoms with Crippen LogP contribution in [0.3, 0.4) is 0 Å². The molecule has 1 aromatic heterocycles. The maximum Gasteiger partial charge on any atom is 0.240 e. The fourth-order valence-corrected chi connectivity index (χ4v) is 7.43. The van der Waals surface area contributed by atoms with Gasteiger partial charge < -0.3 is 0 Å². The molecule has 8 heteroatoms. The largest absolute Gasteiger partial charge is 0.240 e. The number of hydrogen-bond acceptors (Lipinski definition) is 5. The molecule has 0 amide bonds. The van der Waals surface area contributed by atoms with Crippen molar-refractivity contribution in [2.24, 2.45) is 23.2 Å². The molecule has 2 bridgehead atoms. The van der Waals surface area contributed by atoms with Crippen molar-refractivity contribution in [1.29, 1.82) is 0 Å². The van der Waals surface area contributed by atoms with E-state index < -0.39 is 10.0 Å². The number of aryl methyl sites for hydroxylation is 1. The molecule has 0 aliphatic heterocycles. The molecule has 0 spiro atoms. The average molecular weight is 506 g/mol. The second-order valence-electron chi connectivity index (χ2n) is 10.8. The number of aromatic amines is 1. The van der Waals surface area contributed by atoms with Crippen LogP contribution in [-0.4, -0.2) is 35.1 Å². The summed E-state index contributed by atoms with van der Waals surface area (Å²) in [7, 11) is -3.61. The number of rotatable bonds is 10. The maximum absolute atomic E-state index is 13.4. The van der Waals surface area contributed by atoms with Gasteiger partial charge in [0.05, 0.1) is 4.90 Å². The van der Waals surface area contributed by atoms with Gasteiger partial charge in [-0.15, -0.1) is 10.2 Å². The van der Waals surface area contributed by atoms with E-state index in [1.807, 2.05) is 42.5 Å². The summed E-state index contributed by atoms with van der Waals surface area (Å²) in [5.41, 5.74) is 2.26. The first-order valence-corrected chi connectivity index (χ1v) is 14.4. The van der Waals surface area contributed by atoms with E-state index in [0.717, 1.165) is 55.5 Å². The van der Waals surface area contributed by atoms with Gasteiger partial charge in [0.2, 0.25) is 10.0 Å². The second kappa shape index (κ2) is 10.3. The number of allylic oxidation sites excluding steroid dienone is 2. The summed E-state index contributed by atoms with van der Waals surface area (Å²) in [5, 5.41) is 14.0. The summed E-state index contributed by atoms with van der Waals surface area (Å²) < 4.78 is 30.0. The molecule has 3 saturated carbocycles. The average Bonchev–Trinajstić information content (AvgIpc) is 3.40. The highest BCUT2D eigenvalue weighted by molar-refractivity contribution is 7.89. The second-order valence-corrected chi connectivity index (χ2v) is 12.5. The highest BCUT2D eigenvalue weighted by atomic mass is 32.2. The number of nitrogens with one attached hydrogen (secondary N) is 2. The maximum atomic E-state index is 13.4. The van der Waals surface area contributed by atoms with Gasteiger partial charge in [0.25, 0.3) is 0 Å². The Balaban J connectivity index is 1.24. The molecular weight excluding hydrogens is 470 g/mol. The van der Waals surface area contributed by atoms with E-state index >= 15 is 0 Å². The first-order chi connectivity index (χ1) is 17.3. The van der Waals surface area contributed by atoms with E-state index in [4.69, 9.17) is 0 Å². The van der Waals surface area contributed by atoms with Gasteiger partial charge in [-0.05, 0) is 78.5 Å². The number of aromatic nitrogens is 4. The molecule has 2 N–H and O–H groups in total. The number of sulfonamides is 1. The Hall–Kier alpha value is -2.84. The molecule has 3 aliphatic rings. The summed E-state index contributed by atoms with van der Waals surface area (Å²) in [4.78, 5) is 0.331. The number of fused-ring (bicyclic) bond motifs is 2. The minimum Gasteiger partial charge on any atom is -0.207 e. The standard InChI is InChI=1S/C28H35N5O2S/c1-28(2)23-18-22(12-6-3-4-9-13-26-29-32-33-30-26)27(25(28)19-23)31-36(34,35)24-16-14-21(15-17-24)20-10-7-5-8-11-20/h3,5-8,10-11,14-17,22-23,25,27,31H,4,9,12-13,18-19H2,1-2H3,(H,29,30,32,33)/b6-3-/t22-,23-,25+,27+/m0/s1. The third-order valence-electron chi connectivity index (χ3n) is 8.40. The molecular formula is C28H35N5O2S. The predicted molar refractivity (Wildman–Crippen MR) is 140 cm³/mol. The van der Waals surface area contributed by atoms with Gasteiger partial charge in [-0.25, -0.2) is 13.1 Å². The number of unbranched alkanes of at least 4 members (excludes halogenated alkanes) is 1. The van der Waals surface area contributed by atoms with Crippen LogP contribution in [0.25, 0.3) is 11.1 Å². The van der Waals surface area contributed by atoms with Crippen LogP contribution in [0.1, 0.15) is 51.8 Å². The Morgan fingerprint density at radius 2 is 1.78 bits per heavy atom. The molecule has 0 radical (unpaired) electrons. The molecule has 0 unspecified atom stereocenters. The van der Waals surface area contributed by atoms with Crippen molar-refractivity contribution in [3.8, 4) is 11.1 Å². The summed E-state index contributed by atoms with van der Waals surface area (Å²) in [6, 6.07) is 17.2. The molecule has 7 nitrogen and oxygen atoms in total. The lowest BCUT2D eigenvalue weighted by Crippen LogP contribution is -2.63. The first kappa shape index (κ1) is 24.8. The van der Waals surface area contributed by atoms with Crippen LogP contribution in [-0.2, 0) is 16.4 Å². The van der Waals surface area contributed by atoms with E-state index in [0.29, 0.717) is 22.6 Å². The van der Waals surface area contributed by atoms with Crippen molar-refractivity contribution < 1.29 is 8.42 Å². The van der Waals surface area contributed by atoms with Crippen LogP contribution in [0.5, 0.6) is 0 Å². The van der Waals surface area contributed by atoms with Crippen LogP contribution in [0.2, 0.25) is 0 Å². The summed E-state index contributed by atoms with van der Waals surface area (Å²) in [6.45, 7) is 4.59. The molecule has 3 aromatic rings. The van der Waals surface area contributed by atoms with Crippen LogP contribution in [0, 0.1) is 23.2 Å². The molecule has 190 valence electrons. The highest BCUT2D eigenvalue weighted by Gasteiger charge is 2.58. The number of tetrazole rings is 1. The fraction of sp³-hybridized carbons (Fsp3) is 0.464. The lowest BCUT2D eigenvalue weighted by atomic mass is 9.45. The van der Waals surface area contributed by atoms with Crippen molar-refractivity contribution in [2.45, 2.75) is 63.3 Å². The molecule has 1 heterocycles. The van der Waals surface area contributed by atoms with E-state index in [1.165, 1.54) is 0 Å². The molecule has 3 aliphatic carbocycles. The zero-order valence-electron chi connectivity index (χ0n) is 21.0. The smallest absolute Gasteiger partial charge is 0.207 e. The van der Waals surface area contributed by atoms with Gasteiger partial charge in [-0.2, -0.15) is 5.21 Å².